The largest absolute Gasteiger partial charge is 0.368 e. The second kappa shape index (κ2) is 4.89. The molecule has 0 amide bonds. The second-order valence-corrected chi connectivity index (χ2v) is 4.74. The van der Waals surface area contributed by atoms with Gasteiger partial charge in [0.1, 0.15) is 0 Å². The lowest BCUT2D eigenvalue weighted by Crippen LogP contribution is -2.31. The quantitative estimate of drug-likeness (QED) is 0.609. The third kappa shape index (κ3) is 2.43. The molecule has 2 rings (SSSR count). The van der Waals surface area contributed by atoms with Gasteiger partial charge in [0.2, 0.25) is 0 Å². The van der Waals surface area contributed by atoms with Crippen molar-refractivity contribution in [1.29, 1.82) is 0 Å². The zero-order valence-corrected chi connectivity index (χ0v) is 10.5. The van der Waals surface area contributed by atoms with Crippen LogP contribution >= 0.6 is 0 Å². The summed E-state index contributed by atoms with van der Waals surface area (Å²) < 4.78 is 13.8. The molecule has 1 fully saturated rings. The highest BCUT2D eigenvalue weighted by atomic mass is 19.1. The molecule has 0 unspecified atom stereocenters. The Bertz CT molecular complexity index is 465. The number of non-ortho nitro benzene ring substituents is 1. The SMILES string of the molecule is CN(C)[C@@H]1CCN(c2ccc([N+](=O)[O-])cc2F)C1. The molecular weight excluding hydrogens is 237 g/mol. The summed E-state index contributed by atoms with van der Waals surface area (Å²) in [5.74, 6) is -0.524. The molecule has 0 bridgehead atoms. The smallest absolute Gasteiger partial charge is 0.272 e. The number of halogens is 1. The van der Waals surface area contributed by atoms with E-state index in [-0.39, 0.29) is 5.69 Å². The van der Waals surface area contributed by atoms with E-state index in [9.17, 15) is 14.5 Å². The minimum atomic E-state index is -0.584. The van der Waals surface area contributed by atoms with Crippen molar-refractivity contribution in [3.63, 3.8) is 0 Å². The predicted octanol–water partition coefficient (Wildman–Crippen LogP) is 1.87. The molecule has 1 heterocycles. The summed E-state index contributed by atoms with van der Waals surface area (Å²) in [6.45, 7) is 1.53. The van der Waals surface area contributed by atoms with Crippen LogP contribution in [0, 0.1) is 15.9 Å². The van der Waals surface area contributed by atoms with Gasteiger partial charge < -0.3 is 9.80 Å². The molecule has 0 aliphatic carbocycles. The Morgan fingerprint density at radius 3 is 2.72 bits per heavy atom. The number of benzene rings is 1. The van der Waals surface area contributed by atoms with E-state index in [1.807, 2.05) is 19.0 Å². The first-order chi connectivity index (χ1) is 8.49. The molecule has 1 aromatic carbocycles. The van der Waals surface area contributed by atoms with E-state index in [0.717, 1.165) is 25.6 Å². The summed E-state index contributed by atoms with van der Waals surface area (Å²) in [6, 6.07) is 4.23. The molecular formula is C12H16FN3O2. The van der Waals surface area contributed by atoms with Gasteiger partial charge in [-0.1, -0.05) is 0 Å². The number of rotatable bonds is 3. The lowest BCUT2D eigenvalue weighted by Gasteiger charge is -2.22. The second-order valence-electron chi connectivity index (χ2n) is 4.74. The van der Waals surface area contributed by atoms with Crippen LogP contribution in [0.25, 0.3) is 0 Å². The van der Waals surface area contributed by atoms with Crippen LogP contribution in [0.3, 0.4) is 0 Å². The fraction of sp³-hybridized carbons (Fsp3) is 0.500. The minimum Gasteiger partial charge on any atom is -0.368 e. The van der Waals surface area contributed by atoms with Gasteiger partial charge in [-0.05, 0) is 26.6 Å². The monoisotopic (exact) mass is 253 g/mol. The lowest BCUT2D eigenvalue weighted by atomic mass is 10.2. The molecule has 98 valence electrons. The van der Waals surface area contributed by atoms with Gasteiger partial charge in [-0.15, -0.1) is 0 Å². The molecule has 0 radical (unpaired) electrons. The van der Waals surface area contributed by atoms with Gasteiger partial charge in [-0.2, -0.15) is 0 Å². The van der Waals surface area contributed by atoms with Crippen molar-refractivity contribution in [2.45, 2.75) is 12.5 Å². The van der Waals surface area contributed by atoms with Gasteiger partial charge in [0, 0.05) is 25.2 Å². The summed E-state index contributed by atoms with van der Waals surface area (Å²) in [5.41, 5.74) is 0.240. The van der Waals surface area contributed by atoms with Crippen molar-refractivity contribution in [1.82, 2.24) is 4.90 Å². The van der Waals surface area contributed by atoms with E-state index in [2.05, 4.69) is 4.90 Å². The Morgan fingerprint density at radius 2 is 2.22 bits per heavy atom. The van der Waals surface area contributed by atoms with Gasteiger partial charge >= 0.3 is 0 Å². The summed E-state index contributed by atoms with van der Waals surface area (Å²) >= 11 is 0. The zero-order valence-electron chi connectivity index (χ0n) is 10.5. The van der Waals surface area contributed by atoms with E-state index in [1.54, 1.807) is 0 Å². The Hall–Kier alpha value is -1.69. The lowest BCUT2D eigenvalue weighted by molar-refractivity contribution is -0.385. The Labute approximate surface area is 105 Å². The van der Waals surface area contributed by atoms with E-state index in [1.165, 1.54) is 12.1 Å². The highest BCUT2D eigenvalue weighted by molar-refractivity contribution is 5.53. The molecule has 1 aromatic rings. The van der Waals surface area contributed by atoms with Gasteiger partial charge in [-0.25, -0.2) is 4.39 Å². The first-order valence-electron chi connectivity index (χ1n) is 5.84. The molecule has 18 heavy (non-hydrogen) atoms. The normalized spacial score (nSPS) is 19.6. The molecule has 1 aliphatic heterocycles. The molecule has 0 aromatic heterocycles. The molecule has 5 nitrogen and oxygen atoms in total. The van der Waals surface area contributed by atoms with Gasteiger partial charge in [0.25, 0.3) is 5.69 Å². The summed E-state index contributed by atoms with van der Waals surface area (Å²) in [6.07, 6.45) is 0.976. The van der Waals surface area contributed by atoms with Crippen molar-refractivity contribution >= 4 is 11.4 Å². The van der Waals surface area contributed by atoms with Gasteiger partial charge in [-0.3, -0.25) is 10.1 Å². The third-order valence-corrected chi connectivity index (χ3v) is 3.38. The zero-order chi connectivity index (χ0) is 13.3. The van der Waals surface area contributed by atoms with E-state index >= 15 is 0 Å². The highest BCUT2D eigenvalue weighted by Gasteiger charge is 2.26. The van der Waals surface area contributed by atoms with Crippen LogP contribution < -0.4 is 4.90 Å². The standard InChI is InChI=1S/C12H16FN3O2/c1-14(2)10-5-6-15(8-10)12-4-3-9(16(17)18)7-11(12)13/h3-4,7,10H,5-6,8H2,1-2H3/t10-/m1/s1. The van der Waals surface area contributed by atoms with Crippen LogP contribution in [0.4, 0.5) is 15.8 Å². The van der Waals surface area contributed by atoms with Crippen molar-refractivity contribution in [2.75, 3.05) is 32.1 Å². The maximum Gasteiger partial charge on any atom is 0.272 e. The predicted molar refractivity (Wildman–Crippen MR) is 67.4 cm³/mol. The molecule has 1 saturated heterocycles. The Balaban J connectivity index is 2.18. The van der Waals surface area contributed by atoms with E-state index in [4.69, 9.17) is 0 Å². The van der Waals surface area contributed by atoms with Crippen molar-refractivity contribution in [3.05, 3.63) is 34.1 Å². The highest BCUT2D eigenvalue weighted by Crippen LogP contribution is 2.27. The summed E-state index contributed by atoms with van der Waals surface area (Å²) in [4.78, 5) is 14.0. The topological polar surface area (TPSA) is 49.6 Å². The fourth-order valence-corrected chi connectivity index (χ4v) is 2.25. The number of likely N-dealkylation sites (N-methyl/N-ethyl adjacent to an activating group) is 1. The van der Waals surface area contributed by atoms with Gasteiger partial charge in [0.05, 0.1) is 16.7 Å². The van der Waals surface area contributed by atoms with Crippen LogP contribution in [-0.4, -0.2) is 43.0 Å². The van der Waals surface area contributed by atoms with Crippen LogP contribution in [0.2, 0.25) is 0 Å². The summed E-state index contributed by atoms with van der Waals surface area (Å²) in [7, 11) is 4.00. The van der Waals surface area contributed by atoms with Crippen LogP contribution in [0.5, 0.6) is 0 Å². The number of hydrogen-bond donors (Lipinski definition) is 0. The summed E-state index contributed by atoms with van der Waals surface area (Å²) in [5, 5.41) is 10.5. The fourth-order valence-electron chi connectivity index (χ4n) is 2.25. The molecule has 1 atom stereocenters. The molecule has 0 N–H and O–H groups in total. The molecule has 6 heteroatoms. The first kappa shape index (κ1) is 12.8. The van der Waals surface area contributed by atoms with Crippen LogP contribution in [0.15, 0.2) is 18.2 Å². The maximum atomic E-state index is 13.8. The van der Waals surface area contributed by atoms with E-state index in [0.29, 0.717) is 11.7 Å². The number of anilines is 1. The van der Waals surface area contributed by atoms with Gasteiger partial charge in [0.15, 0.2) is 5.82 Å². The minimum absolute atomic E-state index is 0.209. The number of nitro benzene ring substituents is 1. The van der Waals surface area contributed by atoms with Crippen molar-refractivity contribution in [3.8, 4) is 0 Å². The molecule has 0 spiro atoms. The average molecular weight is 253 g/mol. The third-order valence-electron chi connectivity index (χ3n) is 3.38. The van der Waals surface area contributed by atoms with Crippen molar-refractivity contribution < 1.29 is 9.31 Å². The Kier molecular flexibility index (Phi) is 3.47. The van der Waals surface area contributed by atoms with Crippen LogP contribution in [-0.2, 0) is 0 Å². The maximum absolute atomic E-state index is 13.8. The van der Waals surface area contributed by atoms with Crippen LogP contribution in [0.1, 0.15) is 6.42 Å². The molecule has 0 saturated carbocycles. The van der Waals surface area contributed by atoms with E-state index < -0.39 is 10.7 Å². The average Bonchev–Trinajstić information content (AvgIpc) is 2.78. The number of hydrogen-bond acceptors (Lipinski definition) is 4. The molecule has 1 aliphatic rings. The number of nitrogens with zero attached hydrogens (tertiary/aromatic N) is 3. The van der Waals surface area contributed by atoms with Crippen molar-refractivity contribution in [2.24, 2.45) is 0 Å². The first-order valence-corrected chi connectivity index (χ1v) is 5.84. The Morgan fingerprint density at radius 1 is 1.50 bits per heavy atom. The number of nitro groups is 1.